The Kier molecular flexibility index (Phi) is 6.15. The molecule has 2 aromatic carbocycles. The van der Waals surface area contributed by atoms with E-state index in [0.717, 1.165) is 5.56 Å². The Bertz CT molecular complexity index is 870. The maximum absolute atomic E-state index is 13.1. The van der Waals surface area contributed by atoms with Gasteiger partial charge in [0.25, 0.3) is 0 Å². The summed E-state index contributed by atoms with van der Waals surface area (Å²) in [6.07, 6.45) is 0. The van der Waals surface area contributed by atoms with Crippen molar-refractivity contribution in [3.05, 3.63) is 47.0 Å². The number of benzene rings is 2. The fourth-order valence-corrected chi connectivity index (χ4v) is 4.47. The van der Waals surface area contributed by atoms with Crippen LogP contribution in [0.5, 0.6) is 17.2 Å². The first kappa shape index (κ1) is 20.1. The van der Waals surface area contributed by atoms with Gasteiger partial charge in [0, 0.05) is 13.6 Å². The summed E-state index contributed by atoms with van der Waals surface area (Å²) in [6, 6.07) is 8.81. The fourth-order valence-electron chi connectivity index (χ4n) is 2.91. The second-order valence-corrected chi connectivity index (χ2v) is 8.02. The van der Waals surface area contributed by atoms with Crippen molar-refractivity contribution in [1.82, 2.24) is 4.31 Å². The molecule has 142 valence electrons. The van der Waals surface area contributed by atoms with Crippen LogP contribution >= 0.6 is 0 Å². The van der Waals surface area contributed by atoms with Gasteiger partial charge in [-0.3, -0.25) is 0 Å². The van der Waals surface area contributed by atoms with Crippen molar-refractivity contribution in [1.29, 1.82) is 0 Å². The van der Waals surface area contributed by atoms with Gasteiger partial charge in [0.1, 0.15) is 5.75 Å². The molecule has 6 nitrogen and oxygen atoms in total. The topological polar surface area (TPSA) is 65.1 Å². The Hall–Kier alpha value is -2.25. The number of methoxy groups -OCH3 is 3. The Morgan fingerprint density at radius 2 is 1.46 bits per heavy atom. The van der Waals surface area contributed by atoms with Crippen LogP contribution in [0.1, 0.15) is 16.7 Å². The lowest BCUT2D eigenvalue weighted by Gasteiger charge is -2.21. The van der Waals surface area contributed by atoms with Gasteiger partial charge in [-0.25, -0.2) is 8.42 Å². The molecule has 0 aliphatic rings. The minimum atomic E-state index is -3.65. The average Bonchev–Trinajstić information content (AvgIpc) is 2.60. The van der Waals surface area contributed by atoms with Crippen molar-refractivity contribution in [2.24, 2.45) is 0 Å². The smallest absolute Gasteiger partial charge is 0.243 e. The zero-order valence-electron chi connectivity index (χ0n) is 16.0. The molecule has 0 heterocycles. The van der Waals surface area contributed by atoms with Gasteiger partial charge in [-0.15, -0.1) is 0 Å². The maximum atomic E-state index is 13.1. The van der Waals surface area contributed by atoms with Gasteiger partial charge in [0.2, 0.25) is 10.0 Å². The van der Waals surface area contributed by atoms with E-state index < -0.39 is 10.0 Å². The summed E-state index contributed by atoms with van der Waals surface area (Å²) < 4.78 is 43.2. The lowest BCUT2D eigenvalue weighted by molar-refractivity contribution is 0.354. The molecule has 0 unspecified atom stereocenters. The first-order chi connectivity index (χ1) is 12.2. The molecule has 0 amide bonds. The van der Waals surface area contributed by atoms with E-state index in [4.69, 9.17) is 14.2 Å². The van der Waals surface area contributed by atoms with E-state index in [0.29, 0.717) is 33.3 Å². The van der Waals surface area contributed by atoms with Gasteiger partial charge in [-0.05, 0) is 54.8 Å². The van der Waals surface area contributed by atoms with Gasteiger partial charge in [-0.2, -0.15) is 4.31 Å². The van der Waals surface area contributed by atoms with Gasteiger partial charge < -0.3 is 14.2 Å². The summed E-state index contributed by atoms with van der Waals surface area (Å²) in [5.74, 6) is 1.80. The van der Waals surface area contributed by atoms with Crippen molar-refractivity contribution in [3.63, 3.8) is 0 Å². The summed E-state index contributed by atoms with van der Waals surface area (Å²) in [5.41, 5.74) is 2.11. The van der Waals surface area contributed by atoms with Gasteiger partial charge in [0.15, 0.2) is 11.5 Å². The van der Waals surface area contributed by atoms with Crippen molar-refractivity contribution in [2.75, 3.05) is 28.4 Å². The van der Waals surface area contributed by atoms with Crippen LogP contribution in [-0.4, -0.2) is 41.1 Å². The Labute approximate surface area is 155 Å². The first-order valence-electron chi connectivity index (χ1n) is 8.07. The molecule has 0 aliphatic heterocycles. The van der Waals surface area contributed by atoms with Crippen LogP contribution < -0.4 is 14.2 Å². The summed E-state index contributed by atoms with van der Waals surface area (Å²) >= 11 is 0. The highest BCUT2D eigenvalue weighted by atomic mass is 32.2. The molecular formula is C19H25NO5S. The van der Waals surface area contributed by atoms with Gasteiger partial charge >= 0.3 is 0 Å². The summed E-state index contributed by atoms with van der Waals surface area (Å²) in [6.45, 7) is 3.76. The molecule has 0 saturated carbocycles. The zero-order valence-corrected chi connectivity index (χ0v) is 16.8. The minimum absolute atomic E-state index is 0.216. The van der Waals surface area contributed by atoms with Crippen LogP contribution in [0.25, 0.3) is 0 Å². The SMILES string of the molecule is COc1cc(C)c(S(=O)(=O)N(C)Cc2ccc(OC)c(OC)c2)c(C)c1. The van der Waals surface area contributed by atoms with Crippen LogP contribution in [-0.2, 0) is 16.6 Å². The summed E-state index contributed by atoms with van der Waals surface area (Å²) in [4.78, 5) is 0.307. The third-order valence-electron chi connectivity index (χ3n) is 4.19. The van der Waals surface area contributed by atoms with Crippen LogP contribution in [0.15, 0.2) is 35.2 Å². The molecule has 0 fully saturated rings. The molecule has 7 heteroatoms. The molecule has 0 aliphatic carbocycles. The maximum Gasteiger partial charge on any atom is 0.243 e. The Balaban J connectivity index is 2.36. The minimum Gasteiger partial charge on any atom is -0.497 e. The molecule has 0 spiro atoms. The number of sulfonamides is 1. The average molecular weight is 379 g/mol. The number of hydrogen-bond acceptors (Lipinski definition) is 5. The summed E-state index contributed by atoms with van der Waals surface area (Å²) in [5, 5.41) is 0. The molecule has 26 heavy (non-hydrogen) atoms. The number of nitrogens with zero attached hydrogens (tertiary/aromatic N) is 1. The zero-order chi connectivity index (χ0) is 19.5. The quantitative estimate of drug-likeness (QED) is 0.739. The molecule has 0 N–H and O–H groups in total. The highest BCUT2D eigenvalue weighted by Crippen LogP contribution is 2.31. The van der Waals surface area contributed by atoms with Crippen LogP contribution in [0.3, 0.4) is 0 Å². The van der Waals surface area contributed by atoms with Gasteiger partial charge in [0.05, 0.1) is 26.2 Å². The van der Waals surface area contributed by atoms with Crippen LogP contribution in [0.2, 0.25) is 0 Å². The third-order valence-corrected chi connectivity index (χ3v) is 6.30. The molecule has 0 radical (unpaired) electrons. The molecule has 2 rings (SSSR count). The lowest BCUT2D eigenvalue weighted by atomic mass is 10.1. The lowest BCUT2D eigenvalue weighted by Crippen LogP contribution is -2.27. The van der Waals surface area contributed by atoms with E-state index >= 15 is 0 Å². The fraction of sp³-hybridized carbons (Fsp3) is 0.368. The third kappa shape index (κ3) is 3.94. The second kappa shape index (κ2) is 7.97. The highest BCUT2D eigenvalue weighted by molar-refractivity contribution is 7.89. The number of rotatable bonds is 7. The van der Waals surface area contributed by atoms with E-state index in [1.54, 1.807) is 66.5 Å². The van der Waals surface area contributed by atoms with E-state index in [-0.39, 0.29) is 6.54 Å². The predicted molar refractivity (Wildman–Crippen MR) is 101 cm³/mol. The monoisotopic (exact) mass is 379 g/mol. The van der Waals surface area contributed by atoms with E-state index in [9.17, 15) is 8.42 Å². The van der Waals surface area contributed by atoms with E-state index in [2.05, 4.69) is 0 Å². The second-order valence-electron chi connectivity index (χ2n) is 6.04. The molecule has 0 bridgehead atoms. The van der Waals surface area contributed by atoms with Crippen molar-refractivity contribution >= 4 is 10.0 Å². The largest absolute Gasteiger partial charge is 0.497 e. The predicted octanol–water partition coefficient (Wildman–Crippen LogP) is 3.15. The van der Waals surface area contributed by atoms with Gasteiger partial charge in [-0.1, -0.05) is 6.07 Å². The van der Waals surface area contributed by atoms with E-state index in [1.165, 1.54) is 4.31 Å². The van der Waals surface area contributed by atoms with Crippen LogP contribution in [0, 0.1) is 13.8 Å². The van der Waals surface area contributed by atoms with Crippen molar-refractivity contribution < 1.29 is 22.6 Å². The standard InChI is InChI=1S/C19H25NO5S/c1-13-9-16(23-4)10-14(2)19(13)26(21,22)20(3)12-15-7-8-17(24-5)18(11-15)25-6/h7-11H,12H2,1-6H3. The number of aryl methyl sites for hydroxylation is 2. The van der Waals surface area contributed by atoms with Crippen LogP contribution in [0.4, 0.5) is 0 Å². The molecule has 0 aromatic heterocycles. The van der Waals surface area contributed by atoms with Crippen molar-refractivity contribution in [2.45, 2.75) is 25.3 Å². The first-order valence-corrected chi connectivity index (χ1v) is 9.51. The number of ether oxygens (including phenoxy) is 3. The molecule has 0 atom stereocenters. The normalized spacial score (nSPS) is 11.5. The molecule has 2 aromatic rings. The molecular weight excluding hydrogens is 354 g/mol. The summed E-state index contributed by atoms with van der Waals surface area (Å²) in [7, 11) is 2.58. The Morgan fingerprint density at radius 3 is 1.96 bits per heavy atom. The van der Waals surface area contributed by atoms with E-state index in [1.807, 2.05) is 6.07 Å². The molecule has 0 saturated heterocycles. The number of hydrogen-bond donors (Lipinski definition) is 0. The highest BCUT2D eigenvalue weighted by Gasteiger charge is 2.25. The van der Waals surface area contributed by atoms with Crippen molar-refractivity contribution in [3.8, 4) is 17.2 Å². The Morgan fingerprint density at radius 1 is 0.885 bits per heavy atom.